The van der Waals surface area contributed by atoms with Crippen LogP contribution in [0.2, 0.25) is 0 Å². The van der Waals surface area contributed by atoms with Gasteiger partial charge in [-0.2, -0.15) is 0 Å². The molecule has 2 saturated carbocycles. The van der Waals surface area contributed by atoms with Gasteiger partial charge in [0, 0.05) is 18.5 Å². The van der Waals surface area contributed by atoms with Crippen LogP contribution in [0.3, 0.4) is 0 Å². The molecule has 108 valence electrons. The van der Waals surface area contributed by atoms with Crippen LogP contribution in [0.4, 0.5) is 0 Å². The molecule has 2 aliphatic carbocycles. The Morgan fingerprint density at radius 3 is 2.53 bits per heavy atom. The molecule has 3 rings (SSSR count). The second-order valence-electron chi connectivity index (χ2n) is 7.48. The lowest BCUT2D eigenvalue weighted by Crippen LogP contribution is -2.53. The van der Waals surface area contributed by atoms with Gasteiger partial charge in [-0.05, 0) is 49.5 Å². The van der Waals surface area contributed by atoms with Crippen molar-refractivity contribution >= 4 is 5.91 Å². The Kier molecular flexibility index (Phi) is 3.59. The summed E-state index contributed by atoms with van der Waals surface area (Å²) in [7, 11) is 0. The number of amides is 1. The molecule has 3 unspecified atom stereocenters. The first-order chi connectivity index (χ1) is 9.09. The number of fused-ring (bicyclic) bond motifs is 1. The van der Waals surface area contributed by atoms with Crippen LogP contribution in [0.25, 0.3) is 0 Å². The van der Waals surface area contributed by atoms with Crippen LogP contribution in [0.1, 0.15) is 52.4 Å². The summed E-state index contributed by atoms with van der Waals surface area (Å²) in [6.45, 7) is 6.53. The fraction of sp³-hybridized carbons (Fsp3) is 0.938. The van der Waals surface area contributed by atoms with Gasteiger partial charge in [0.05, 0.1) is 0 Å². The van der Waals surface area contributed by atoms with Gasteiger partial charge in [0.25, 0.3) is 0 Å². The van der Waals surface area contributed by atoms with Crippen LogP contribution >= 0.6 is 0 Å². The quantitative estimate of drug-likeness (QED) is 0.821. The van der Waals surface area contributed by atoms with E-state index in [0.717, 1.165) is 24.9 Å². The van der Waals surface area contributed by atoms with E-state index in [1.165, 1.54) is 38.5 Å². The molecule has 0 aromatic carbocycles. The van der Waals surface area contributed by atoms with E-state index < -0.39 is 0 Å². The number of carbonyl (C=O) groups excluding carboxylic acids is 1. The van der Waals surface area contributed by atoms with Crippen LogP contribution in [-0.4, -0.2) is 25.0 Å². The predicted molar refractivity (Wildman–Crippen MR) is 76.8 cm³/mol. The summed E-state index contributed by atoms with van der Waals surface area (Å²) in [6.07, 6.45) is 7.76. The predicted octanol–water partition coefficient (Wildman–Crippen LogP) is 2.32. The lowest BCUT2D eigenvalue weighted by atomic mass is 9.77. The maximum Gasteiger partial charge on any atom is 0.223 e. The topological polar surface area (TPSA) is 41.1 Å². The highest BCUT2D eigenvalue weighted by atomic mass is 16.2. The highest BCUT2D eigenvalue weighted by molar-refractivity contribution is 5.82. The van der Waals surface area contributed by atoms with E-state index in [1.54, 1.807) is 0 Å². The van der Waals surface area contributed by atoms with E-state index in [1.807, 2.05) is 0 Å². The fourth-order valence-corrected chi connectivity index (χ4v) is 4.32. The SMILES string of the molecule is CC1(C)CCCNC1CNC(=O)C1C2CCCCC21. The van der Waals surface area contributed by atoms with Gasteiger partial charge in [-0.25, -0.2) is 0 Å². The van der Waals surface area contributed by atoms with Gasteiger partial charge in [-0.15, -0.1) is 0 Å². The van der Waals surface area contributed by atoms with Crippen molar-refractivity contribution in [1.82, 2.24) is 10.6 Å². The summed E-state index contributed by atoms with van der Waals surface area (Å²) >= 11 is 0. The third kappa shape index (κ3) is 2.67. The summed E-state index contributed by atoms with van der Waals surface area (Å²) < 4.78 is 0. The molecule has 1 amide bonds. The van der Waals surface area contributed by atoms with Crippen LogP contribution in [0.15, 0.2) is 0 Å². The molecule has 19 heavy (non-hydrogen) atoms. The molecule has 1 aliphatic heterocycles. The third-order valence-corrected chi connectivity index (χ3v) is 5.77. The molecular formula is C16H28N2O. The Hall–Kier alpha value is -0.570. The first-order valence-corrected chi connectivity index (χ1v) is 8.11. The normalized spacial score (nSPS) is 40.3. The molecule has 0 spiro atoms. The van der Waals surface area contributed by atoms with E-state index in [4.69, 9.17) is 0 Å². The second kappa shape index (κ2) is 5.08. The first kappa shape index (κ1) is 13.4. The zero-order valence-corrected chi connectivity index (χ0v) is 12.4. The lowest BCUT2D eigenvalue weighted by molar-refractivity contribution is -0.123. The molecule has 3 nitrogen and oxygen atoms in total. The molecule has 0 bridgehead atoms. The summed E-state index contributed by atoms with van der Waals surface area (Å²) in [4.78, 5) is 12.3. The lowest BCUT2D eigenvalue weighted by Gasteiger charge is -2.39. The van der Waals surface area contributed by atoms with Gasteiger partial charge in [0.1, 0.15) is 0 Å². The van der Waals surface area contributed by atoms with Gasteiger partial charge < -0.3 is 10.6 Å². The van der Waals surface area contributed by atoms with E-state index in [2.05, 4.69) is 24.5 Å². The average Bonchev–Trinajstić information content (AvgIpc) is 3.11. The molecule has 0 aromatic heterocycles. The Morgan fingerprint density at radius 2 is 1.89 bits per heavy atom. The molecule has 1 saturated heterocycles. The minimum Gasteiger partial charge on any atom is -0.354 e. The van der Waals surface area contributed by atoms with Crippen molar-refractivity contribution in [3.63, 3.8) is 0 Å². The zero-order valence-electron chi connectivity index (χ0n) is 12.4. The van der Waals surface area contributed by atoms with Gasteiger partial charge in [-0.1, -0.05) is 26.7 Å². The van der Waals surface area contributed by atoms with Crippen molar-refractivity contribution < 1.29 is 4.79 Å². The van der Waals surface area contributed by atoms with E-state index >= 15 is 0 Å². The number of nitrogens with one attached hydrogen (secondary N) is 2. The van der Waals surface area contributed by atoms with Crippen LogP contribution in [0, 0.1) is 23.2 Å². The van der Waals surface area contributed by atoms with Gasteiger partial charge >= 0.3 is 0 Å². The molecule has 3 atom stereocenters. The molecule has 0 aromatic rings. The smallest absolute Gasteiger partial charge is 0.223 e. The Balaban J connectivity index is 1.48. The molecule has 2 N–H and O–H groups in total. The fourth-order valence-electron chi connectivity index (χ4n) is 4.32. The third-order valence-electron chi connectivity index (χ3n) is 5.77. The Bertz CT molecular complexity index is 341. The van der Waals surface area contributed by atoms with Crippen molar-refractivity contribution in [3.05, 3.63) is 0 Å². The van der Waals surface area contributed by atoms with Gasteiger partial charge in [0.15, 0.2) is 0 Å². The zero-order chi connectivity index (χ0) is 13.5. The van der Waals surface area contributed by atoms with Crippen molar-refractivity contribution in [2.24, 2.45) is 23.2 Å². The molecule has 3 aliphatic rings. The van der Waals surface area contributed by atoms with E-state index in [0.29, 0.717) is 23.3 Å². The standard InChI is InChI=1S/C16H28N2O/c1-16(2)8-5-9-17-13(16)10-18-15(19)14-11-6-3-4-7-12(11)14/h11-14,17H,3-10H2,1-2H3,(H,18,19). The highest BCUT2D eigenvalue weighted by Gasteiger charge is 2.54. The van der Waals surface area contributed by atoms with E-state index in [9.17, 15) is 4.79 Å². The molecular weight excluding hydrogens is 236 g/mol. The monoisotopic (exact) mass is 264 g/mol. The molecule has 0 radical (unpaired) electrons. The maximum atomic E-state index is 12.3. The molecule has 3 fully saturated rings. The second-order valence-corrected chi connectivity index (χ2v) is 7.48. The highest BCUT2D eigenvalue weighted by Crippen LogP contribution is 2.55. The van der Waals surface area contributed by atoms with Crippen LogP contribution in [-0.2, 0) is 4.79 Å². The number of rotatable bonds is 3. The van der Waals surface area contributed by atoms with Crippen molar-refractivity contribution in [1.29, 1.82) is 0 Å². The van der Waals surface area contributed by atoms with Crippen molar-refractivity contribution in [2.75, 3.05) is 13.1 Å². The number of hydrogen-bond acceptors (Lipinski definition) is 2. The van der Waals surface area contributed by atoms with Crippen LogP contribution < -0.4 is 10.6 Å². The van der Waals surface area contributed by atoms with Gasteiger partial charge in [-0.3, -0.25) is 4.79 Å². The minimum atomic E-state index is 0.307. The Labute approximate surface area is 116 Å². The largest absolute Gasteiger partial charge is 0.354 e. The van der Waals surface area contributed by atoms with Gasteiger partial charge in [0.2, 0.25) is 5.91 Å². The number of carbonyl (C=O) groups is 1. The molecule has 1 heterocycles. The number of piperidine rings is 1. The Morgan fingerprint density at radius 1 is 1.21 bits per heavy atom. The minimum absolute atomic E-state index is 0.307. The van der Waals surface area contributed by atoms with Crippen molar-refractivity contribution in [2.45, 2.75) is 58.4 Å². The summed E-state index contributed by atoms with van der Waals surface area (Å²) in [5, 5.41) is 6.80. The maximum absolute atomic E-state index is 12.3. The van der Waals surface area contributed by atoms with Crippen LogP contribution in [0.5, 0.6) is 0 Å². The average molecular weight is 264 g/mol. The number of hydrogen-bond donors (Lipinski definition) is 2. The van der Waals surface area contributed by atoms with E-state index in [-0.39, 0.29) is 0 Å². The summed E-state index contributed by atoms with van der Waals surface area (Å²) in [6, 6.07) is 0.436. The summed E-state index contributed by atoms with van der Waals surface area (Å²) in [5.41, 5.74) is 0.307. The van der Waals surface area contributed by atoms with Crippen molar-refractivity contribution in [3.8, 4) is 0 Å². The summed E-state index contributed by atoms with van der Waals surface area (Å²) in [5.74, 6) is 2.14. The molecule has 3 heteroatoms. The first-order valence-electron chi connectivity index (χ1n) is 8.11.